The number of hydrogen-bond acceptors (Lipinski definition) is 2. The number of aryl methyl sites for hydroxylation is 1. The third kappa shape index (κ3) is 2.12. The smallest absolute Gasteiger partial charge is 0.177 e. The standard InChI is InChI=1S/C12H15N2O/c1-12(2,3)15-9-5-6-11-10(7-9)13-8-14(11)4/h5-7H,1-4H3. The molecule has 0 aliphatic heterocycles. The highest BCUT2D eigenvalue weighted by Gasteiger charge is 2.12. The van der Waals surface area contributed by atoms with E-state index in [1.54, 1.807) is 0 Å². The van der Waals surface area contributed by atoms with Crippen molar-refractivity contribution in [1.29, 1.82) is 0 Å². The van der Waals surface area contributed by atoms with Crippen molar-refractivity contribution in [2.75, 3.05) is 0 Å². The summed E-state index contributed by atoms with van der Waals surface area (Å²) in [5.74, 6) is 0.849. The number of imidazole rings is 1. The first-order valence-electron chi connectivity index (χ1n) is 4.99. The molecule has 2 aromatic rings. The molecule has 1 heterocycles. The average molecular weight is 203 g/mol. The Kier molecular flexibility index (Phi) is 2.18. The van der Waals surface area contributed by atoms with Gasteiger partial charge in [-0.2, -0.15) is 0 Å². The number of benzene rings is 1. The molecule has 0 N–H and O–H groups in total. The number of ether oxygens (including phenoxy) is 1. The molecule has 0 saturated carbocycles. The number of fused-ring (bicyclic) bond motifs is 1. The molecule has 0 bridgehead atoms. The van der Waals surface area contributed by atoms with Crippen molar-refractivity contribution in [3.8, 4) is 5.75 Å². The van der Waals surface area contributed by atoms with Gasteiger partial charge in [0.1, 0.15) is 11.4 Å². The van der Waals surface area contributed by atoms with E-state index < -0.39 is 0 Å². The normalized spacial score (nSPS) is 12.0. The molecule has 0 atom stereocenters. The van der Waals surface area contributed by atoms with Crippen LogP contribution in [0, 0.1) is 6.33 Å². The van der Waals surface area contributed by atoms with Gasteiger partial charge in [0.15, 0.2) is 6.33 Å². The maximum absolute atomic E-state index is 5.76. The van der Waals surface area contributed by atoms with Crippen LogP contribution < -0.4 is 4.74 Å². The number of nitrogens with zero attached hydrogens (tertiary/aromatic N) is 2. The van der Waals surface area contributed by atoms with Gasteiger partial charge < -0.3 is 9.30 Å². The van der Waals surface area contributed by atoms with Gasteiger partial charge in [-0.1, -0.05) is 0 Å². The van der Waals surface area contributed by atoms with Crippen molar-refractivity contribution in [3.05, 3.63) is 24.5 Å². The van der Waals surface area contributed by atoms with Gasteiger partial charge in [0.2, 0.25) is 0 Å². The number of hydrogen-bond donors (Lipinski definition) is 0. The van der Waals surface area contributed by atoms with E-state index in [9.17, 15) is 0 Å². The topological polar surface area (TPSA) is 27.1 Å². The summed E-state index contributed by atoms with van der Waals surface area (Å²) in [5.41, 5.74) is 1.81. The van der Waals surface area contributed by atoms with Crippen LogP contribution in [0.2, 0.25) is 0 Å². The van der Waals surface area contributed by atoms with E-state index in [4.69, 9.17) is 4.74 Å². The largest absolute Gasteiger partial charge is 0.488 e. The van der Waals surface area contributed by atoms with E-state index in [2.05, 4.69) is 11.3 Å². The lowest BCUT2D eigenvalue weighted by molar-refractivity contribution is 0.131. The summed E-state index contributed by atoms with van der Waals surface area (Å²) in [6.07, 6.45) is 2.88. The zero-order chi connectivity index (χ0) is 11.1. The highest BCUT2D eigenvalue weighted by Crippen LogP contribution is 2.22. The summed E-state index contributed by atoms with van der Waals surface area (Å²) >= 11 is 0. The van der Waals surface area contributed by atoms with Crippen molar-refractivity contribution in [2.24, 2.45) is 7.05 Å². The molecule has 3 heteroatoms. The lowest BCUT2D eigenvalue weighted by Gasteiger charge is -2.21. The molecule has 1 radical (unpaired) electrons. The molecular weight excluding hydrogens is 188 g/mol. The first kappa shape index (κ1) is 10.0. The summed E-state index contributed by atoms with van der Waals surface area (Å²) in [6, 6.07) is 5.90. The minimum atomic E-state index is -0.174. The fourth-order valence-electron chi connectivity index (χ4n) is 1.48. The van der Waals surface area contributed by atoms with Crippen LogP contribution in [0.25, 0.3) is 11.0 Å². The average Bonchev–Trinajstić information content (AvgIpc) is 2.45. The Morgan fingerprint density at radius 3 is 2.73 bits per heavy atom. The van der Waals surface area contributed by atoms with E-state index in [1.165, 1.54) is 0 Å². The van der Waals surface area contributed by atoms with Crippen LogP contribution in [0.1, 0.15) is 20.8 Å². The predicted octanol–water partition coefficient (Wildman–Crippen LogP) is 2.55. The fraction of sp³-hybridized carbons (Fsp3) is 0.417. The van der Waals surface area contributed by atoms with Gasteiger partial charge in [-0.05, 0) is 32.9 Å². The first-order valence-corrected chi connectivity index (χ1v) is 4.99. The fourth-order valence-corrected chi connectivity index (χ4v) is 1.48. The molecule has 1 aromatic heterocycles. The lowest BCUT2D eigenvalue weighted by atomic mass is 10.2. The molecule has 0 spiro atoms. The Morgan fingerprint density at radius 2 is 2.07 bits per heavy atom. The maximum Gasteiger partial charge on any atom is 0.177 e. The molecule has 2 rings (SSSR count). The number of rotatable bonds is 1. The van der Waals surface area contributed by atoms with E-state index >= 15 is 0 Å². The van der Waals surface area contributed by atoms with Gasteiger partial charge in [0, 0.05) is 13.1 Å². The van der Waals surface area contributed by atoms with Gasteiger partial charge >= 0.3 is 0 Å². The zero-order valence-corrected chi connectivity index (χ0v) is 9.53. The molecule has 1 aromatic carbocycles. The Hall–Kier alpha value is -1.51. The SMILES string of the molecule is Cn1[c]nc2cc(OC(C)(C)C)ccc21. The summed E-state index contributed by atoms with van der Waals surface area (Å²) in [7, 11) is 1.93. The first-order chi connectivity index (χ1) is 6.96. The van der Waals surface area contributed by atoms with Gasteiger partial charge in [-0.15, -0.1) is 0 Å². The van der Waals surface area contributed by atoms with Crippen LogP contribution in [0.15, 0.2) is 18.2 Å². The lowest BCUT2D eigenvalue weighted by Crippen LogP contribution is -2.22. The van der Waals surface area contributed by atoms with Crippen molar-refractivity contribution in [3.63, 3.8) is 0 Å². The Morgan fingerprint density at radius 1 is 1.33 bits per heavy atom. The van der Waals surface area contributed by atoms with Crippen LogP contribution in [-0.4, -0.2) is 15.2 Å². The third-order valence-electron chi connectivity index (χ3n) is 2.05. The highest BCUT2D eigenvalue weighted by molar-refractivity contribution is 5.76. The van der Waals surface area contributed by atoms with Crippen LogP contribution in [0.4, 0.5) is 0 Å². The quantitative estimate of drug-likeness (QED) is 0.712. The molecular formula is C12H15N2O. The molecule has 79 valence electrons. The summed E-state index contributed by atoms with van der Waals surface area (Å²) in [5, 5.41) is 0. The molecule has 0 fully saturated rings. The van der Waals surface area contributed by atoms with Gasteiger partial charge in [0.25, 0.3) is 0 Å². The zero-order valence-electron chi connectivity index (χ0n) is 9.53. The Bertz CT molecular complexity index is 480. The molecule has 3 nitrogen and oxygen atoms in total. The van der Waals surface area contributed by atoms with E-state index in [0.29, 0.717) is 0 Å². The second kappa shape index (κ2) is 3.26. The van der Waals surface area contributed by atoms with Crippen LogP contribution in [0.5, 0.6) is 5.75 Å². The van der Waals surface area contributed by atoms with Crippen molar-refractivity contribution < 1.29 is 4.74 Å². The van der Waals surface area contributed by atoms with E-state index in [-0.39, 0.29) is 5.60 Å². The summed E-state index contributed by atoms with van der Waals surface area (Å²) in [4.78, 5) is 4.17. The van der Waals surface area contributed by atoms with E-state index in [1.807, 2.05) is 50.6 Å². The molecule has 0 saturated heterocycles. The van der Waals surface area contributed by atoms with Gasteiger partial charge in [0.05, 0.1) is 11.0 Å². The Balaban J connectivity index is 2.39. The van der Waals surface area contributed by atoms with Crippen molar-refractivity contribution in [2.45, 2.75) is 26.4 Å². The predicted molar refractivity (Wildman–Crippen MR) is 59.9 cm³/mol. The van der Waals surface area contributed by atoms with Crippen molar-refractivity contribution >= 4 is 11.0 Å². The van der Waals surface area contributed by atoms with Gasteiger partial charge in [-0.25, -0.2) is 4.98 Å². The second-order valence-corrected chi connectivity index (χ2v) is 4.64. The minimum Gasteiger partial charge on any atom is -0.488 e. The van der Waals surface area contributed by atoms with E-state index in [0.717, 1.165) is 16.8 Å². The Labute approximate surface area is 89.7 Å². The maximum atomic E-state index is 5.76. The van der Waals surface area contributed by atoms with Gasteiger partial charge in [-0.3, -0.25) is 0 Å². The molecule has 15 heavy (non-hydrogen) atoms. The van der Waals surface area contributed by atoms with Crippen LogP contribution >= 0.6 is 0 Å². The third-order valence-corrected chi connectivity index (χ3v) is 2.05. The minimum absolute atomic E-state index is 0.174. The van der Waals surface area contributed by atoms with Crippen LogP contribution in [0.3, 0.4) is 0 Å². The summed E-state index contributed by atoms with van der Waals surface area (Å²) < 4.78 is 7.63. The summed E-state index contributed by atoms with van der Waals surface area (Å²) in [6.45, 7) is 6.09. The van der Waals surface area contributed by atoms with Crippen molar-refractivity contribution in [1.82, 2.24) is 9.55 Å². The number of aromatic nitrogens is 2. The second-order valence-electron chi connectivity index (χ2n) is 4.64. The highest BCUT2D eigenvalue weighted by atomic mass is 16.5. The molecule has 0 amide bonds. The molecule has 0 aliphatic rings. The molecule has 0 unspecified atom stereocenters. The van der Waals surface area contributed by atoms with Crippen LogP contribution in [-0.2, 0) is 7.05 Å². The molecule has 0 aliphatic carbocycles. The monoisotopic (exact) mass is 203 g/mol.